The summed E-state index contributed by atoms with van der Waals surface area (Å²) in [4.78, 5) is 24.6. The van der Waals surface area contributed by atoms with E-state index in [1.54, 1.807) is 12.4 Å². The van der Waals surface area contributed by atoms with Gasteiger partial charge in [-0.1, -0.05) is 0 Å². The molecule has 3 saturated heterocycles. The lowest BCUT2D eigenvalue weighted by atomic mass is 9.86. The first-order valence-electron chi connectivity index (χ1n) is 6.48. The number of amides is 1. The second-order valence-corrected chi connectivity index (χ2v) is 5.43. The summed E-state index contributed by atoms with van der Waals surface area (Å²) in [6.45, 7) is 6.41. The molecule has 0 aliphatic carbocycles. The topological polar surface area (TPSA) is 49.3 Å². The molecule has 1 aromatic heterocycles. The lowest BCUT2D eigenvalue weighted by Gasteiger charge is -2.57. The molecular weight excluding hydrogens is 228 g/mol. The molecule has 3 aliphatic heterocycles. The Morgan fingerprint density at radius 3 is 2.44 bits per heavy atom. The molecule has 0 saturated carbocycles. The number of hydrogen-bond donors (Lipinski definition) is 0. The quantitative estimate of drug-likeness (QED) is 0.774. The number of fused-ring (bicyclic) bond motifs is 2. The Balaban J connectivity index is 1.72. The van der Waals surface area contributed by atoms with Gasteiger partial charge in [-0.2, -0.15) is 0 Å². The average molecular weight is 246 g/mol. The van der Waals surface area contributed by atoms with Crippen LogP contribution in [-0.2, 0) is 0 Å². The van der Waals surface area contributed by atoms with Crippen LogP contribution in [0.4, 0.5) is 0 Å². The molecule has 96 valence electrons. The fourth-order valence-corrected chi connectivity index (χ4v) is 2.95. The third kappa shape index (κ3) is 1.79. The van der Waals surface area contributed by atoms with Crippen molar-refractivity contribution in [2.45, 2.75) is 38.4 Å². The van der Waals surface area contributed by atoms with Gasteiger partial charge in [0.2, 0.25) is 0 Å². The summed E-state index contributed by atoms with van der Waals surface area (Å²) in [6.07, 6.45) is 5.80. The summed E-state index contributed by atoms with van der Waals surface area (Å²) in [6, 6.07) is 1.31. The summed E-state index contributed by atoms with van der Waals surface area (Å²) in [7, 11) is 0. The molecule has 4 rings (SSSR count). The molecule has 4 heterocycles. The predicted molar refractivity (Wildman–Crippen MR) is 67.1 cm³/mol. The van der Waals surface area contributed by atoms with Gasteiger partial charge in [0.25, 0.3) is 5.91 Å². The zero-order valence-corrected chi connectivity index (χ0v) is 10.8. The van der Waals surface area contributed by atoms with Gasteiger partial charge >= 0.3 is 0 Å². The van der Waals surface area contributed by atoms with E-state index < -0.39 is 0 Å². The van der Waals surface area contributed by atoms with Crippen molar-refractivity contribution in [1.82, 2.24) is 19.8 Å². The molecule has 2 bridgehead atoms. The largest absolute Gasteiger partial charge is 0.330 e. The van der Waals surface area contributed by atoms with Gasteiger partial charge in [0.15, 0.2) is 0 Å². The summed E-state index contributed by atoms with van der Waals surface area (Å²) >= 11 is 0. The van der Waals surface area contributed by atoms with Crippen molar-refractivity contribution in [3.8, 4) is 0 Å². The molecular formula is C13H18N4O. The highest BCUT2D eigenvalue weighted by molar-refractivity contribution is 5.94. The molecule has 18 heavy (non-hydrogen) atoms. The van der Waals surface area contributed by atoms with Crippen molar-refractivity contribution >= 4 is 5.91 Å². The normalized spacial score (nSPS) is 27.2. The van der Waals surface area contributed by atoms with Gasteiger partial charge in [0.05, 0.1) is 5.56 Å². The van der Waals surface area contributed by atoms with Gasteiger partial charge in [-0.3, -0.25) is 9.69 Å². The lowest BCUT2D eigenvalue weighted by molar-refractivity contribution is -0.0563. The van der Waals surface area contributed by atoms with Crippen LogP contribution in [0.15, 0.2) is 18.7 Å². The highest BCUT2D eigenvalue weighted by atomic mass is 16.2. The van der Waals surface area contributed by atoms with Crippen molar-refractivity contribution in [1.29, 1.82) is 0 Å². The van der Waals surface area contributed by atoms with Gasteiger partial charge < -0.3 is 4.90 Å². The number of piperazine rings is 1. The SMILES string of the molecule is CC(C)N1CC2CC(C1)N2C(=O)c1cncnc1. The summed E-state index contributed by atoms with van der Waals surface area (Å²) in [5.74, 6) is 0.0836. The maximum absolute atomic E-state index is 12.3. The molecule has 5 nitrogen and oxygen atoms in total. The molecule has 0 spiro atoms. The summed E-state index contributed by atoms with van der Waals surface area (Å²) in [5.41, 5.74) is 0.602. The predicted octanol–water partition coefficient (Wildman–Crippen LogP) is 0.784. The Labute approximate surface area is 107 Å². The minimum Gasteiger partial charge on any atom is -0.330 e. The van der Waals surface area contributed by atoms with Crippen LogP contribution < -0.4 is 0 Å². The number of carbonyl (C=O) groups is 1. The summed E-state index contributed by atoms with van der Waals surface area (Å²) < 4.78 is 0. The van der Waals surface area contributed by atoms with Crippen LogP contribution in [-0.4, -0.2) is 56.9 Å². The molecule has 0 N–H and O–H groups in total. The molecule has 5 heteroatoms. The third-order valence-electron chi connectivity index (χ3n) is 3.99. The molecule has 2 unspecified atom stereocenters. The van der Waals surface area contributed by atoms with Gasteiger partial charge in [-0.15, -0.1) is 0 Å². The Morgan fingerprint density at radius 1 is 1.28 bits per heavy atom. The second kappa shape index (κ2) is 4.31. The molecule has 0 radical (unpaired) electrons. The maximum Gasteiger partial charge on any atom is 0.257 e. The molecule has 3 fully saturated rings. The fraction of sp³-hybridized carbons (Fsp3) is 0.615. The summed E-state index contributed by atoms with van der Waals surface area (Å²) in [5, 5.41) is 0. The standard InChI is InChI=1S/C13H18N4O/c1-9(2)16-6-11-3-12(7-16)17(11)13(18)10-4-14-8-15-5-10/h4-5,8-9,11-12H,3,6-7H2,1-2H3. The zero-order chi connectivity index (χ0) is 12.7. The van der Waals surface area contributed by atoms with E-state index in [2.05, 4.69) is 28.7 Å². The molecule has 1 amide bonds. The number of piperidine rings is 1. The van der Waals surface area contributed by atoms with Gasteiger partial charge in [0.1, 0.15) is 6.33 Å². The molecule has 2 atom stereocenters. The van der Waals surface area contributed by atoms with Crippen molar-refractivity contribution in [3.63, 3.8) is 0 Å². The average Bonchev–Trinajstić information content (AvgIpc) is 2.39. The van der Waals surface area contributed by atoms with Crippen molar-refractivity contribution < 1.29 is 4.79 Å². The number of nitrogens with zero attached hydrogens (tertiary/aromatic N) is 4. The Morgan fingerprint density at radius 2 is 1.89 bits per heavy atom. The number of carbonyl (C=O) groups excluding carboxylic acids is 1. The van der Waals surface area contributed by atoms with E-state index in [0.29, 0.717) is 23.7 Å². The minimum atomic E-state index is 0.0836. The molecule has 0 aromatic carbocycles. The second-order valence-electron chi connectivity index (χ2n) is 5.43. The monoisotopic (exact) mass is 246 g/mol. The van der Waals surface area contributed by atoms with E-state index >= 15 is 0 Å². The van der Waals surface area contributed by atoms with E-state index in [-0.39, 0.29) is 5.91 Å². The first kappa shape index (κ1) is 11.6. The van der Waals surface area contributed by atoms with E-state index in [9.17, 15) is 4.79 Å². The van der Waals surface area contributed by atoms with E-state index in [1.165, 1.54) is 6.33 Å². The maximum atomic E-state index is 12.3. The van der Waals surface area contributed by atoms with Gasteiger partial charge in [-0.05, 0) is 20.3 Å². The number of rotatable bonds is 2. The highest BCUT2D eigenvalue weighted by Crippen LogP contribution is 2.34. The zero-order valence-electron chi connectivity index (χ0n) is 10.8. The first-order chi connectivity index (χ1) is 8.66. The Hall–Kier alpha value is -1.49. The fourth-order valence-electron chi connectivity index (χ4n) is 2.95. The van der Waals surface area contributed by atoms with Crippen molar-refractivity contribution in [3.05, 3.63) is 24.3 Å². The minimum absolute atomic E-state index is 0.0836. The van der Waals surface area contributed by atoms with Crippen LogP contribution in [0.25, 0.3) is 0 Å². The van der Waals surface area contributed by atoms with Crippen molar-refractivity contribution in [2.24, 2.45) is 0 Å². The lowest BCUT2D eigenvalue weighted by Crippen LogP contribution is -2.70. The number of hydrogen-bond acceptors (Lipinski definition) is 4. The molecule has 3 aliphatic rings. The smallest absolute Gasteiger partial charge is 0.257 e. The molecule has 1 aromatic rings. The van der Waals surface area contributed by atoms with Crippen LogP contribution in [0.2, 0.25) is 0 Å². The third-order valence-corrected chi connectivity index (χ3v) is 3.99. The van der Waals surface area contributed by atoms with E-state index in [4.69, 9.17) is 0 Å². The van der Waals surface area contributed by atoms with Crippen LogP contribution in [0.5, 0.6) is 0 Å². The Kier molecular flexibility index (Phi) is 2.78. The Bertz CT molecular complexity index is 436. The first-order valence-corrected chi connectivity index (χ1v) is 6.48. The van der Waals surface area contributed by atoms with Crippen molar-refractivity contribution in [2.75, 3.05) is 13.1 Å². The van der Waals surface area contributed by atoms with E-state index in [0.717, 1.165) is 19.5 Å². The van der Waals surface area contributed by atoms with Crippen LogP contribution in [0, 0.1) is 0 Å². The van der Waals surface area contributed by atoms with Crippen LogP contribution in [0.3, 0.4) is 0 Å². The number of aromatic nitrogens is 2. The van der Waals surface area contributed by atoms with E-state index in [1.807, 2.05) is 4.90 Å². The van der Waals surface area contributed by atoms with Crippen LogP contribution >= 0.6 is 0 Å². The van der Waals surface area contributed by atoms with Gasteiger partial charge in [-0.25, -0.2) is 9.97 Å². The van der Waals surface area contributed by atoms with Crippen LogP contribution in [0.1, 0.15) is 30.6 Å². The highest BCUT2D eigenvalue weighted by Gasteiger charge is 2.47. The van der Waals surface area contributed by atoms with Gasteiger partial charge in [0, 0.05) is 43.6 Å².